The van der Waals surface area contributed by atoms with Crippen LogP contribution in [0.2, 0.25) is 0 Å². The molecular formula is C24H30N6O2. The van der Waals surface area contributed by atoms with Crippen LogP contribution in [0.25, 0.3) is 0 Å². The van der Waals surface area contributed by atoms with Gasteiger partial charge >= 0.3 is 0 Å². The van der Waals surface area contributed by atoms with E-state index in [2.05, 4.69) is 56.3 Å². The van der Waals surface area contributed by atoms with Gasteiger partial charge in [-0.05, 0) is 37.5 Å². The number of hydrogen-bond donors (Lipinski definition) is 1. The van der Waals surface area contributed by atoms with Crippen LogP contribution in [0, 0.1) is 6.92 Å². The molecule has 8 nitrogen and oxygen atoms in total. The van der Waals surface area contributed by atoms with Crippen molar-refractivity contribution in [1.29, 1.82) is 0 Å². The minimum atomic E-state index is 0. The van der Waals surface area contributed by atoms with Crippen LogP contribution in [-0.2, 0) is 0 Å². The Bertz CT molecular complexity index is 1090. The summed E-state index contributed by atoms with van der Waals surface area (Å²) >= 11 is 0. The number of aryl methyl sites for hydroxylation is 1. The largest absolute Gasteiger partial charge is 0.486 e. The number of nitrogens with zero attached hydrogens (tertiary/aromatic N) is 5. The van der Waals surface area contributed by atoms with E-state index in [1.807, 2.05) is 12.1 Å². The maximum atomic E-state index is 5.83. The number of ether oxygens (including phenoxy) is 2. The molecule has 168 valence electrons. The number of anilines is 4. The van der Waals surface area contributed by atoms with Gasteiger partial charge in [0.1, 0.15) is 6.61 Å². The molecule has 0 spiro atoms. The second kappa shape index (κ2) is 8.90. The number of methoxy groups -OCH3 is 1. The lowest BCUT2D eigenvalue weighted by atomic mass is 10.0. The van der Waals surface area contributed by atoms with E-state index in [-0.39, 0.29) is 1.43 Å². The van der Waals surface area contributed by atoms with Crippen LogP contribution in [0.4, 0.5) is 23.1 Å². The van der Waals surface area contributed by atoms with Gasteiger partial charge in [0.15, 0.2) is 11.6 Å². The maximum Gasteiger partial charge on any atom is 0.225 e. The van der Waals surface area contributed by atoms with Gasteiger partial charge < -0.3 is 24.6 Å². The van der Waals surface area contributed by atoms with Crippen molar-refractivity contribution in [3.05, 3.63) is 54.4 Å². The van der Waals surface area contributed by atoms with Crippen LogP contribution >= 0.6 is 0 Å². The molecule has 1 N–H and O–H groups in total. The summed E-state index contributed by atoms with van der Waals surface area (Å²) in [6, 6.07) is 12.7. The molecule has 2 aliphatic heterocycles. The van der Waals surface area contributed by atoms with Crippen molar-refractivity contribution in [3.63, 3.8) is 0 Å². The fourth-order valence-electron chi connectivity index (χ4n) is 4.35. The summed E-state index contributed by atoms with van der Waals surface area (Å²) in [5.74, 6) is 2.85. The highest BCUT2D eigenvalue weighted by Gasteiger charge is 2.25. The van der Waals surface area contributed by atoms with Gasteiger partial charge in [-0.1, -0.05) is 18.2 Å². The molecule has 0 bridgehead atoms. The number of hydrogen-bond acceptors (Lipinski definition) is 8. The molecule has 2 aromatic heterocycles. The lowest BCUT2D eigenvalue weighted by Crippen LogP contribution is -2.39. The normalized spacial score (nSPS) is 16.3. The van der Waals surface area contributed by atoms with Gasteiger partial charge in [0.2, 0.25) is 11.8 Å². The van der Waals surface area contributed by atoms with Gasteiger partial charge in [0.25, 0.3) is 0 Å². The van der Waals surface area contributed by atoms with E-state index in [9.17, 15) is 0 Å². The van der Waals surface area contributed by atoms with E-state index >= 15 is 0 Å². The van der Waals surface area contributed by atoms with Gasteiger partial charge in [-0.25, -0.2) is 9.97 Å². The highest BCUT2D eigenvalue weighted by Crippen LogP contribution is 2.36. The molecule has 3 aromatic rings. The van der Waals surface area contributed by atoms with E-state index in [0.29, 0.717) is 24.5 Å². The third kappa shape index (κ3) is 4.12. The van der Waals surface area contributed by atoms with Crippen molar-refractivity contribution in [2.75, 3.05) is 48.5 Å². The highest BCUT2D eigenvalue weighted by molar-refractivity contribution is 5.69. The SMILES string of the molecule is COc1cc(N2CCC(Nc3ncc4c(n3)N(c3ccccc3C)CCO4)CC2)ccn1.[HH]. The molecule has 8 heteroatoms. The Morgan fingerprint density at radius 3 is 2.78 bits per heavy atom. The lowest BCUT2D eigenvalue weighted by molar-refractivity contribution is 0.310. The Morgan fingerprint density at radius 1 is 1.12 bits per heavy atom. The molecule has 0 unspecified atom stereocenters. The summed E-state index contributed by atoms with van der Waals surface area (Å²) < 4.78 is 11.1. The van der Waals surface area contributed by atoms with Crippen LogP contribution in [0.15, 0.2) is 48.8 Å². The zero-order valence-electron chi connectivity index (χ0n) is 18.5. The molecule has 0 amide bonds. The smallest absolute Gasteiger partial charge is 0.225 e. The van der Waals surface area contributed by atoms with E-state index in [1.54, 1.807) is 19.5 Å². The summed E-state index contributed by atoms with van der Waals surface area (Å²) in [5, 5.41) is 3.54. The molecular weight excluding hydrogens is 404 g/mol. The first kappa shape index (κ1) is 20.4. The van der Waals surface area contributed by atoms with Gasteiger partial charge in [0.05, 0.1) is 19.9 Å². The molecule has 0 radical (unpaired) electrons. The van der Waals surface area contributed by atoms with Crippen molar-refractivity contribution in [3.8, 4) is 11.6 Å². The minimum Gasteiger partial charge on any atom is -0.486 e. The van der Waals surface area contributed by atoms with Crippen LogP contribution in [0.3, 0.4) is 0 Å². The zero-order chi connectivity index (χ0) is 21.9. The first-order valence-corrected chi connectivity index (χ1v) is 11.1. The minimum absolute atomic E-state index is 0. The van der Waals surface area contributed by atoms with E-state index < -0.39 is 0 Å². The second-order valence-corrected chi connectivity index (χ2v) is 8.13. The Balaban J connectivity index is 0.00000259. The third-order valence-electron chi connectivity index (χ3n) is 6.09. The molecule has 2 aliphatic rings. The van der Waals surface area contributed by atoms with Gasteiger partial charge in [0, 0.05) is 44.2 Å². The number of aromatic nitrogens is 3. The van der Waals surface area contributed by atoms with Crippen LogP contribution < -0.4 is 24.6 Å². The molecule has 1 saturated heterocycles. The number of fused-ring (bicyclic) bond motifs is 1. The number of piperidine rings is 1. The summed E-state index contributed by atoms with van der Waals surface area (Å²) in [5.41, 5.74) is 3.52. The van der Waals surface area contributed by atoms with Gasteiger partial charge in [-0.3, -0.25) is 0 Å². The third-order valence-corrected chi connectivity index (χ3v) is 6.09. The summed E-state index contributed by atoms with van der Waals surface area (Å²) in [6.07, 6.45) is 5.58. The van der Waals surface area contributed by atoms with Crippen molar-refractivity contribution in [2.24, 2.45) is 0 Å². The average molecular weight is 435 g/mol. The van der Waals surface area contributed by atoms with Crippen LogP contribution in [-0.4, -0.2) is 54.3 Å². The molecule has 5 rings (SSSR count). The van der Waals surface area contributed by atoms with Gasteiger partial charge in [-0.2, -0.15) is 4.98 Å². The Hall–Kier alpha value is -3.55. The predicted molar refractivity (Wildman–Crippen MR) is 127 cm³/mol. The Kier molecular flexibility index (Phi) is 5.66. The van der Waals surface area contributed by atoms with E-state index in [4.69, 9.17) is 14.5 Å². The van der Waals surface area contributed by atoms with Crippen molar-refractivity contribution < 1.29 is 10.9 Å². The highest BCUT2D eigenvalue weighted by atomic mass is 16.5. The number of rotatable bonds is 5. The topological polar surface area (TPSA) is 75.6 Å². The molecule has 4 heterocycles. The van der Waals surface area contributed by atoms with Crippen molar-refractivity contribution in [1.82, 2.24) is 15.0 Å². The van der Waals surface area contributed by atoms with Crippen LogP contribution in [0.5, 0.6) is 11.6 Å². The summed E-state index contributed by atoms with van der Waals surface area (Å²) in [6.45, 7) is 5.41. The molecule has 0 aliphatic carbocycles. The lowest BCUT2D eigenvalue weighted by Gasteiger charge is -2.34. The van der Waals surface area contributed by atoms with Crippen molar-refractivity contribution in [2.45, 2.75) is 25.8 Å². The van der Waals surface area contributed by atoms with Crippen LogP contribution in [0.1, 0.15) is 19.8 Å². The van der Waals surface area contributed by atoms with E-state index in [1.165, 1.54) is 5.56 Å². The average Bonchev–Trinajstić information content (AvgIpc) is 2.84. The molecule has 0 saturated carbocycles. The summed E-state index contributed by atoms with van der Waals surface area (Å²) in [7, 11) is 1.64. The number of benzene rings is 1. The van der Waals surface area contributed by atoms with Gasteiger partial charge in [-0.15, -0.1) is 0 Å². The fourth-order valence-corrected chi connectivity index (χ4v) is 4.35. The number of para-hydroxylation sites is 1. The van der Waals surface area contributed by atoms with E-state index in [0.717, 1.165) is 55.4 Å². The molecule has 1 fully saturated rings. The first-order chi connectivity index (χ1) is 15.7. The Morgan fingerprint density at radius 2 is 1.97 bits per heavy atom. The quantitative estimate of drug-likeness (QED) is 0.645. The predicted octanol–water partition coefficient (Wildman–Crippen LogP) is 4.05. The first-order valence-electron chi connectivity index (χ1n) is 11.1. The number of nitrogens with one attached hydrogen (secondary N) is 1. The zero-order valence-corrected chi connectivity index (χ0v) is 18.5. The Labute approximate surface area is 189 Å². The molecule has 0 atom stereocenters. The maximum absolute atomic E-state index is 5.83. The van der Waals surface area contributed by atoms with Crippen molar-refractivity contribution >= 4 is 23.1 Å². The monoisotopic (exact) mass is 434 g/mol. The summed E-state index contributed by atoms with van der Waals surface area (Å²) in [4.78, 5) is 18.2. The fraction of sp³-hybridized carbons (Fsp3) is 0.375. The molecule has 1 aromatic carbocycles. The molecule has 32 heavy (non-hydrogen) atoms. The standard InChI is InChI=1S/C24H28N6O2.H2/c1-17-5-3-4-6-20(17)30-13-14-32-21-16-26-24(28-23(21)30)27-18-8-11-29(12-9-18)19-7-10-25-22(15-19)31-2;/h3-7,10,15-16,18H,8-9,11-14H2,1-2H3,(H,26,27,28);1H. The second-order valence-electron chi connectivity index (χ2n) is 8.13. The number of pyridine rings is 1.